The molecule has 3 atom stereocenters. The topological polar surface area (TPSA) is 124 Å². The summed E-state index contributed by atoms with van der Waals surface area (Å²) in [5.41, 5.74) is 0. The molecular weight excluding hydrogens is 547 g/mol. The van der Waals surface area contributed by atoms with Crippen molar-refractivity contribution in [3.05, 3.63) is 12.2 Å². The second-order valence-electron chi connectivity index (χ2n) is 12.2. The number of allylic oxidation sites excluding steroid dienone is 1. The molecule has 42 heavy (non-hydrogen) atoms. The molecule has 1 heterocycles. The summed E-state index contributed by atoms with van der Waals surface area (Å²) in [6.07, 6.45) is 35.3. The predicted octanol–water partition coefficient (Wildman–Crippen LogP) is 10.5. The molecule has 1 aliphatic rings. The van der Waals surface area contributed by atoms with Crippen LogP contribution in [0, 0.1) is 0 Å². The van der Waals surface area contributed by atoms with Crippen molar-refractivity contribution >= 4 is 13.7 Å². The van der Waals surface area contributed by atoms with Crippen LogP contribution < -0.4 is 16.4 Å². The van der Waals surface area contributed by atoms with Crippen LogP contribution in [0.15, 0.2) is 12.2 Å². The molecule has 0 aromatic rings. The van der Waals surface area contributed by atoms with Gasteiger partial charge in [-0.1, -0.05) is 167 Å². The molecule has 1 aliphatic heterocycles. The molecule has 8 heteroatoms. The fraction of sp³-hybridized carbons (Fsp3) is 0.912. The minimum Gasteiger partial charge on any atom is -0.756 e. The van der Waals surface area contributed by atoms with E-state index >= 15 is 0 Å². The zero-order chi connectivity index (χ0) is 29.9. The van der Waals surface area contributed by atoms with E-state index in [1.807, 2.05) is 6.08 Å². The molecule has 0 aliphatic carbocycles. The minimum atomic E-state index is -4.31. The molecule has 1 saturated heterocycles. The van der Waals surface area contributed by atoms with Crippen molar-refractivity contribution in [2.24, 2.45) is 0 Å². The van der Waals surface area contributed by atoms with Crippen LogP contribution in [-0.2, 0) is 18.4 Å². The van der Waals surface area contributed by atoms with E-state index in [4.69, 9.17) is 9.05 Å². The Bertz CT molecular complexity index is 691. The Morgan fingerprint density at radius 1 is 0.714 bits per heavy atom. The van der Waals surface area contributed by atoms with Gasteiger partial charge in [-0.2, -0.15) is 0 Å². The van der Waals surface area contributed by atoms with E-state index < -0.39 is 20.0 Å². The van der Waals surface area contributed by atoms with Crippen molar-refractivity contribution in [3.8, 4) is 0 Å². The lowest BCUT2D eigenvalue weighted by atomic mass is 10.0. The average Bonchev–Trinajstić information content (AvgIpc) is 2.95. The SMILES string of the molecule is CCCCCCCCCCCCC/C=C/C1OP(=O)([O-])OC[C@@H]1NC(=O)CCCCCCCCCCCCCCC.[NH4+]. The molecule has 0 aromatic heterocycles. The minimum absolute atomic E-state index is 0. The predicted molar refractivity (Wildman–Crippen MR) is 177 cm³/mol. The third-order valence-corrected chi connectivity index (χ3v) is 9.18. The standard InChI is InChI=1S/C34H66NO5P.H3N/c1-3-5-7-9-11-13-15-17-19-21-23-25-27-29-33-32(31-39-41(37,38)40-33)35-34(36)30-28-26-24-22-20-18-16-14-12-10-8-6-4-2;/h27,29,32-33H,3-26,28,30-31H2,1-2H3,(H,35,36)(H,37,38);1H3/b29-27+;/t32-,33?;/m0./s1. The number of carbonyl (C=O) groups excluding carboxylic acids is 1. The van der Waals surface area contributed by atoms with E-state index in [0.29, 0.717) is 6.42 Å². The van der Waals surface area contributed by atoms with Gasteiger partial charge in [-0.25, -0.2) is 0 Å². The molecule has 0 saturated carbocycles. The lowest BCUT2D eigenvalue weighted by Gasteiger charge is -2.37. The van der Waals surface area contributed by atoms with Gasteiger partial charge in [-0.3, -0.25) is 9.36 Å². The molecule has 1 fully saturated rings. The largest absolute Gasteiger partial charge is 0.756 e. The smallest absolute Gasteiger partial charge is 0.268 e. The number of hydrogen-bond donors (Lipinski definition) is 2. The molecule has 7 nitrogen and oxygen atoms in total. The van der Waals surface area contributed by atoms with Gasteiger partial charge < -0.3 is 25.4 Å². The lowest BCUT2D eigenvalue weighted by Crippen LogP contribution is -2.49. The second-order valence-corrected chi connectivity index (χ2v) is 13.6. The van der Waals surface area contributed by atoms with E-state index in [-0.39, 0.29) is 18.7 Å². The molecule has 1 rings (SSSR count). The van der Waals surface area contributed by atoms with Crippen LogP contribution in [0.3, 0.4) is 0 Å². The summed E-state index contributed by atoms with van der Waals surface area (Å²) in [4.78, 5) is 24.4. The first-order valence-corrected chi connectivity index (χ1v) is 19.0. The average molecular weight is 617 g/mol. The number of unbranched alkanes of at least 4 members (excludes halogenated alkanes) is 23. The van der Waals surface area contributed by atoms with Crippen LogP contribution in [0.2, 0.25) is 0 Å². The summed E-state index contributed by atoms with van der Waals surface area (Å²) in [6, 6.07) is -0.478. The zero-order valence-electron chi connectivity index (χ0n) is 27.9. The maximum atomic E-state index is 12.5. The number of amides is 1. The zero-order valence-corrected chi connectivity index (χ0v) is 28.8. The number of quaternary nitrogens is 1. The second kappa shape index (κ2) is 29.0. The van der Waals surface area contributed by atoms with Crippen LogP contribution in [0.1, 0.15) is 181 Å². The Hall–Kier alpha value is -0.720. The van der Waals surface area contributed by atoms with Crippen LogP contribution in [0.25, 0.3) is 0 Å². The van der Waals surface area contributed by atoms with Crippen molar-refractivity contribution in [2.75, 3.05) is 6.61 Å². The molecule has 5 N–H and O–H groups in total. The number of hydrogen-bond acceptors (Lipinski definition) is 5. The number of carbonyl (C=O) groups is 1. The normalized spacial score (nSPS) is 20.5. The highest BCUT2D eigenvalue weighted by Gasteiger charge is 2.32. The van der Waals surface area contributed by atoms with Gasteiger partial charge >= 0.3 is 0 Å². The number of phosphoric acid groups is 1. The van der Waals surface area contributed by atoms with Crippen LogP contribution in [0.4, 0.5) is 0 Å². The highest BCUT2D eigenvalue weighted by Crippen LogP contribution is 2.44. The summed E-state index contributed by atoms with van der Waals surface area (Å²) < 4.78 is 21.9. The van der Waals surface area contributed by atoms with Gasteiger partial charge in [0.15, 0.2) is 0 Å². The molecule has 0 radical (unpaired) electrons. The lowest BCUT2D eigenvalue weighted by molar-refractivity contribution is -0.237. The van der Waals surface area contributed by atoms with Crippen molar-refractivity contribution in [1.82, 2.24) is 11.5 Å². The van der Waals surface area contributed by atoms with Crippen LogP contribution >= 0.6 is 7.82 Å². The summed E-state index contributed by atoms with van der Waals surface area (Å²) in [5.74, 6) is -0.0586. The van der Waals surface area contributed by atoms with Crippen LogP contribution in [-0.4, -0.2) is 24.7 Å². The Morgan fingerprint density at radius 2 is 1.12 bits per heavy atom. The number of phosphoric ester groups is 1. The summed E-state index contributed by atoms with van der Waals surface area (Å²) in [7, 11) is -4.31. The summed E-state index contributed by atoms with van der Waals surface area (Å²) in [6.45, 7) is 4.45. The van der Waals surface area contributed by atoms with Gasteiger partial charge in [0.25, 0.3) is 7.82 Å². The van der Waals surface area contributed by atoms with Gasteiger partial charge in [0.2, 0.25) is 5.91 Å². The first-order chi connectivity index (χ1) is 20.0. The van der Waals surface area contributed by atoms with Crippen LogP contribution in [0.5, 0.6) is 0 Å². The third-order valence-electron chi connectivity index (χ3n) is 8.21. The van der Waals surface area contributed by atoms with Crippen molar-refractivity contribution < 1.29 is 23.3 Å². The van der Waals surface area contributed by atoms with E-state index in [9.17, 15) is 14.3 Å². The van der Waals surface area contributed by atoms with E-state index in [2.05, 4.69) is 19.2 Å². The number of rotatable bonds is 28. The Morgan fingerprint density at radius 3 is 1.57 bits per heavy atom. The molecule has 2 unspecified atom stereocenters. The fourth-order valence-corrected chi connectivity index (χ4v) is 6.47. The van der Waals surface area contributed by atoms with Gasteiger partial charge in [0.1, 0.15) is 6.10 Å². The highest BCUT2D eigenvalue weighted by molar-refractivity contribution is 7.45. The summed E-state index contributed by atoms with van der Waals surface area (Å²) in [5, 5.41) is 2.95. The quantitative estimate of drug-likeness (QED) is 0.0514. The number of nitrogens with one attached hydrogen (secondary N) is 1. The monoisotopic (exact) mass is 616 g/mol. The molecule has 250 valence electrons. The third kappa shape index (κ3) is 24.7. The van der Waals surface area contributed by atoms with Gasteiger partial charge in [0.05, 0.1) is 12.6 Å². The van der Waals surface area contributed by atoms with Crippen molar-refractivity contribution in [1.29, 1.82) is 0 Å². The van der Waals surface area contributed by atoms with Gasteiger partial charge in [0, 0.05) is 6.42 Å². The Kier molecular flexibility index (Phi) is 28.5. The van der Waals surface area contributed by atoms with Gasteiger partial charge in [-0.15, -0.1) is 0 Å². The first-order valence-electron chi connectivity index (χ1n) is 17.6. The Balaban J connectivity index is 0.0000168. The van der Waals surface area contributed by atoms with Gasteiger partial charge in [-0.05, 0) is 19.3 Å². The Labute approximate surface area is 260 Å². The molecule has 1 amide bonds. The maximum Gasteiger partial charge on any atom is 0.268 e. The summed E-state index contributed by atoms with van der Waals surface area (Å²) >= 11 is 0. The highest BCUT2D eigenvalue weighted by atomic mass is 31.2. The molecular formula is C34H69N2O5P. The van der Waals surface area contributed by atoms with E-state index in [0.717, 1.165) is 25.7 Å². The molecule has 0 aromatic carbocycles. The fourth-order valence-electron chi connectivity index (χ4n) is 5.55. The van der Waals surface area contributed by atoms with E-state index in [1.54, 1.807) is 6.08 Å². The van der Waals surface area contributed by atoms with E-state index in [1.165, 1.54) is 135 Å². The maximum absolute atomic E-state index is 12.5. The molecule has 0 bridgehead atoms. The first kappa shape index (κ1) is 41.3. The van der Waals surface area contributed by atoms with Crippen molar-refractivity contribution in [2.45, 2.75) is 193 Å². The van der Waals surface area contributed by atoms with Crippen molar-refractivity contribution in [3.63, 3.8) is 0 Å². The molecule has 0 spiro atoms.